The van der Waals surface area contributed by atoms with Gasteiger partial charge in [0.05, 0.1) is 6.04 Å². The van der Waals surface area contributed by atoms with Gasteiger partial charge in [0.15, 0.2) is 5.78 Å². The van der Waals surface area contributed by atoms with Crippen LogP contribution in [0.1, 0.15) is 43.6 Å². The Morgan fingerprint density at radius 2 is 1.75 bits per heavy atom. The molecule has 1 aromatic rings. The minimum absolute atomic E-state index is 0.122. The van der Waals surface area contributed by atoms with Crippen molar-refractivity contribution in [2.24, 2.45) is 0 Å². The molecule has 20 heavy (non-hydrogen) atoms. The summed E-state index contributed by atoms with van der Waals surface area (Å²) in [5, 5.41) is 3.27. The predicted octanol–water partition coefficient (Wildman–Crippen LogP) is 2.71. The quantitative estimate of drug-likeness (QED) is 0.811. The molecule has 1 unspecified atom stereocenters. The van der Waals surface area contributed by atoms with Gasteiger partial charge in [-0.05, 0) is 32.0 Å². The molecule has 0 spiro atoms. The van der Waals surface area contributed by atoms with Crippen molar-refractivity contribution >= 4 is 5.78 Å². The molecular formula is C17H28N2O. The second-order valence-corrected chi connectivity index (χ2v) is 6.67. The first-order chi connectivity index (χ1) is 9.21. The van der Waals surface area contributed by atoms with Crippen molar-refractivity contribution < 1.29 is 4.79 Å². The minimum atomic E-state index is -0.143. The third-order valence-electron chi connectivity index (χ3n) is 3.44. The second-order valence-electron chi connectivity index (χ2n) is 6.67. The Morgan fingerprint density at radius 1 is 1.20 bits per heavy atom. The van der Waals surface area contributed by atoms with Crippen molar-refractivity contribution in [1.82, 2.24) is 10.2 Å². The number of benzene rings is 1. The van der Waals surface area contributed by atoms with Gasteiger partial charge >= 0.3 is 0 Å². The fourth-order valence-electron chi connectivity index (χ4n) is 1.98. The number of rotatable bonds is 6. The lowest BCUT2D eigenvalue weighted by Gasteiger charge is -2.20. The summed E-state index contributed by atoms with van der Waals surface area (Å²) in [6, 6.07) is 7.84. The molecule has 1 aromatic carbocycles. The third-order valence-corrected chi connectivity index (χ3v) is 3.44. The lowest BCUT2D eigenvalue weighted by atomic mass is 9.86. The summed E-state index contributed by atoms with van der Waals surface area (Å²) in [7, 11) is 4.05. The fourth-order valence-corrected chi connectivity index (χ4v) is 1.98. The van der Waals surface area contributed by atoms with Crippen molar-refractivity contribution in [3.8, 4) is 0 Å². The van der Waals surface area contributed by atoms with E-state index < -0.39 is 0 Å². The molecule has 112 valence electrons. The van der Waals surface area contributed by atoms with Gasteiger partial charge in [0.1, 0.15) is 0 Å². The third kappa shape index (κ3) is 5.06. The highest BCUT2D eigenvalue weighted by Gasteiger charge is 2.17. The summed E-state index contributed by atoms with van der Waals surface area (Å²) in [6.45, 7) is 10.2. The number of nitrogens with zero attached hydrogens (tertiary/aromatic N) is 1. The zero-order chi connectivity index (χ0) is 15.3. The van der Waals surface area contributed by atoms with Crippen molar-refractivity contribution in [2.75, 3.05) is 27.2 Å². The highest BCUT2D eigenvalue weighted by atomic mass is 16.1. The molecule has 0 heterocycles. The molecule has 3 nitrogen and oxygen atoms in total. The van der Waals surface area contributed by atoms with Crippen LogP contribution in [0, 0.1) is 0 Å². The first-order valence-electron chi connectivity index (χ1n) is 7.24. The summed E-state index contributed by atoms with van der Waals surface area (Å²) < 4.78 is 0. The number of hydrogen-bond acceptors (Lipinski definition) is 3. The van der Waals surface area contributed by atoms with Crippen LogP contribution in [0.25, 0.3) is 0 Å². The monoisotopic (exact) mass is 276 g/mol. The summed E-state index contributed by atoms with van der Waals surface area (Å²) in [5.41, 5.74) is 2.15. The van der Waals surface area contributed by atoms with E-state index in [-0.39, 0.29) is 17.2 Å². The molecule has 0 amide bonds. The first-order valence-corrected chi connectivity index (χ1v) is 7.24. The summed E-state index contributed by atoms with van der Waals surface area (Å²) in [5.74, 6) is 0.157. The van der Waals surface area contributed by atoms with E-state index in [9.17, 15) is 4.79 Å². The number of carbonyl (C=O) groups is 1. The number of Topliss-reactive ketones (excluding diaryl/α,β-unsaturated/α-hetero) is 1. The van der Waals surface area contributed by atoms with Crippen molar-refractivity contribution in [2.45, 2.75) is 39.2 Å². The van der Waals surface area contributed by atoms with Crippen LogP contribution in [-0.4, -0.2) is 43.9 Å². The fraction of sp³-hybridized carbons (Fsp3) is 0.588. The van der Waals surface area contributed by atoms with E-state index in [0.717, 1.165) is 18.7 Å². The summed E-state index contributed by atoms with van der Waals surface area (Å²) in [6.07, 6.45) is 0. The normalized spacial score (nSPS) is 13.6. The maximum Gasteiger partial charge on any atom is 0.179 e. The Hall–Kier alpha value is -1.19. The zero-order valence-corrected chi connectivity index (χ0v) is 13.7. The molecule has 1 N–H and O–H groups in total. The van der Waals surface area contributed by atoms with Crippen LogP contribution in [0.15, 0.2) is 24.3 Å². The van der Waals surface area contributed by atoms with Gasteiger partial charge in [0, 0.05) is 18.7 Å². The zero-order valence-electron chi connectivity index (χ0n) is 13.7. The number of hydrogen-bond donors (Lipinski definition) is 1. The maximum absolute atomic E-state index is 12.3. The largest absolute Gasteiger partial charge is 0.308 e. The van der Waals surface area contributed by atoms with Crippen LogP contribution < -0.4 is 5.32 Å². The molecule has 1 rings (SSSR count). The van der Waals surface area contributed by atoms with Gasteiger partial charge in [-0.15, -0.1) is 0 Å². The lowest BCUT2D eigenvalue weighted by molar-refractivity contribution is 0.0950. The molecule has 0 bridgehead atoms. The van der Waals surface area contributed by atoms with Gasteiger partial charge < -0.3 is 10.2 Å². The van der Waals surface area contributed by atoms with Crippen molar-refractivity contribution in [3.63, 3.8) is 0 Å². The lowest BCUT2D eigenvalue weighted by Crippen LogP contribution is -2.38. The molecule has 0 fully saturated rings. The predicted molar refractivity (Wildman–Crippen MR) is 85.5 cm³/mol. The van der Waals surface area contributed by atoms with Gasteiger partial charge in [0.2, 0.25) is 0 Å². The van der Waals surface area contributed by atoms with Gasteiger partial charge in [-0.25, -0.2) is 0 Å². The smallest absolute Gasteiger partial charge is 0.179 e. The van der Waals surface area contributed by atoms with Gasteiger partial charge in [0.25, 0.3) is 0 Å². The van der Waals surface area contributed by atoms with E-state index in [1.807, 2.05) is 33.2 Å². The Labute approximate surface area is 123 Å². The summed E-state index contributed by atoms with van der Waals surface area (Å²) in [4.78, 5) is 14.4. The molecule has 0 radical (unpaired) electrons. The van der Waals surface area contributed by atoms with E-state index in [2.05, 4.69) is 43.1 Å². The SMILES string of the molecule is CC(NCCN(C)C)C(=O)c1ccc(C(C)(C)C)cc1. The molecule has 0 aliphatic heterocycles. The first kappa shape index (κ1) is 16.9. The Morgan fingerprint density at radius 3 is 2.20 bits per heavy atom. The molecule has 0 aliphatic carbocycles. The molecule has 0 aliphatic rings. The number of likely N-dealkylation sites (N-methyl/N-ethyl adjacent to an activating group) is 1. The topological polar surface area (TPSA) is 32.3 Å². The van der Waals surface area contributed by atoms with Crippen LogP contribution >= 0.6 is 0 Å². The maximum atomic E-state index is 12.3. The van der Waals surface area contributed by atoms with Crippen molar-refractivity contribution in [3.05, 3.63) is 35.4 Å². The Bertz CT molecular complexity index is 429. The minimum Gasteiger partial charge on any atom is -0.308 e. The Balaban J connectivity index is 2.63. The van der Waals surface area contributed by atoms with Crippen LogP contribution in [-0.2, 0) is 5.41 Å². The van der Waals surface area contributed by atoms with Crippen LogP contribution in [0.5, 0.6) is 0 Å². The Kier molecular flexibility index (Phi) is 5.90. The van der Waals surface area contributed by atoms with Crippen LogP contribution in [0.4, 0.5) is 0 Å². The second kappa shape index (κ2) is 7.00. The molecule has 0 aromatic heterocycles. The summed E-state index contributed by atoms with van der Waals surface area (Å²) >= 11 is 0. The van der Waals surface area contributed by atoms with Gasteiger partial charge in [-0.3, -0.25) is 4.79 Å². The standard InChI is InChI=1S/C17H28N2O/c1-13(18-11-12-19(5)6)16(20)14-7-9-15(10-8-14)17(2,3)4/h7-10,13,18H,11-12H2,1-6H3. The number of nitrogens with one attached hydrogen (secondary N) is 1. The molecule has 1 atom stereocenters. The molecular weight excluding hydrogens is 248 g/mol. The van der Waals surface area contributed by atoms with Gasteiger partial charge in [-0.1, -0.05) is 45.0 Å². The van der Waals surface area contributed by atoms with Crippen LogP contribution in [0.3, 0.4) is 0 Å². The average Bonchev–Trinajstić information content (AvgIpc) is 2.36. The van der Waals surface area contributed by atoms with E-state index in [1.54, 1.807) is 0 Å². The van der Waals surface area contributed by atoms with E-state index >= 15 is 0 Å². The van der Waals surface area contributed by atoms with E-state index in [1.165, 1.54) is 5.56 Å². The number of ketones is 1. The molecule has 0 saturated heterocycles. The van der Waals surface area contributed by atoms with Gasteiger partial charge in [-0.2, -0.15) is 0 Å². The number of carbonyl (C=O) groups excluding carboxylic acids is 1. The highest BCUT2D eigenvalue weighted by Crippen LogP contribution is 2.22. The highest BCUT2D eigenvalue weighted by molar-refractivity contribution is 5.99. The van der Waals surface area contributed by atoms with Crippen molar-refractivity contribution in [1.29, 1.82) is 0 Å². The van der Waals surface area contributed by atoms with E-state index in [4.69, 9.17) is 0 Å². The average molecular weight is 276 g/mol. The molecule has 0 saturated carbocycles. The molecule has 3 heteroatoms. The van der Waals surface area contributed by atoms with E-state index in [0.29, 0.717) is 0 Å². The van der Waals surface area contributed by atoms with Crippen LogP contribution in [0.2, 0.25) is 0 Å².